The second kappa shape index (κ2) is 4.77. The molecule has 0 aromatic carbocycles. The summed E-state index contributed by atoms with van der Waals surface area (Å²) < 4.78 is 5.19. The van der Waals surface area contributed by atoms with Gasteiger partial charge in [0.25, 0.3) is 0 Å². The lowest BCUT2D eigenvalue weighted by Crippen LogP contribution is -2.50. The number of likely N-dealkylation sites (tertiary alicyclic amines) is 1. The minimum Gasteiger partial charge on any atom is -0.480 e. The number of rotatable bonds is 1. The topological polar surface area (TPSA) is 66.8 Å². The van der Waals surface area contributed by atoms with Gasteiger partial charge in [-0.25, -0.2) is 9.59 Å². The molecule has 17 heavy (non-hydrogen) atoms. The molecule has 0 bridgehead atoms. The summed E-state index contributed by atoms with van der Waals surface area (Å²) >= 11 is 0. The smallest absolute Gasteiger partial charge is 0.411 e. The fourth-order valence-electron chi connectivity index (χ4n) is 1.68. The van der Waals surface area contributed by atoms with Crippen LogP contribution in [-0.2, 0) is 9.53 Å². The Hall–Kier alpha value is -1.52. The SMILES string of the molecule is C=C1CCN(C(=O)OC(C)(C)C)[C@H](C(=O)O)C1. The molecule has 1 N–H and O–H groups in total. The van der Waals surface area contributed by atoms with E-state index in [4.69, 9.17) is 9.84 Å². The molecule has 5 heteroatoms. The van der Waals surface area contributed by atoms with Gasteiger partial charge < -0.3 is 9.84 Å². The Labute approximate surface area is 101 Å². The number of aliphatic carboxylic acids is 1. The summed E-state index contributed by atoms with van der Waals surface area (Å²) in [4.78, 5) is 24.2. The molecule has 5 nitrogen and oxygen atoms in total. The molecule has 0 radical (unpaired) electrons. The highest BCUT2D eigenvalue weighted by atomic mass is 16.6. The van der Waals surface area contributed by atoms with E-state index in [0.29, 0.717) is 19.4 Å². The lowest BCUT2D eigenvalue weighted by atomic mass is 9.98. The van der Waals surface area contributed by atoms with Gasteiger partial charge in [-0.05, 0) is 33.6 Å². The third-order valence-corrected chi connectivity index (χ3v) is 2.48. The van der Waals surface area contributed by atoms with E-state index >= 15 is 0 Å². The zero-order valence-corrected chi connectivity index (χ0v) is 10.5. The van der Waals surface area contributed by atoms with Crippen LogP contribution in [0.5, 0.6) is 0 Å². The molecule has 1 rings (SSSR count). The van der Waals surface area contributed by atoms with Crippen LogP contribution >= 0.6 is 0 Å². The molecule has 0 aliphatic carbocycles. The first kappa shape index (κ1) is 13.5. The van der Waals surface area contributed by atoms with Crippen LogP contribution in [0.2, 0.25) is 0 Å². The Balaban J connectivity index is 2.76. The summed E-state index contributed by atoms with van der Waals surface area (Å²) in [6.45, 7) is 9.39. The summed E-state index contributed by atoms with van der Waals surface area (Å²) in [5, 5.41) is 9.08. The van der Waals surface area contributed by atoms with E-state index in [1.54, 1.807) is 20.8 Å². The molecule has 1 aliphatic heterocycles. The standard InChI is InChI=1S/C12H19NO4/c1-8-5-6-13(9(7-8)10(14)15)11(16)17-12(2,3)4/h9H,1,5-7H2,2-4H3,(H,14,15)/t9-/m0/s1. The second-order valence-corrected chi connectivity index (χ2v) is 5.23. The van der Waals surface area contributed by atoms with E-state index in [1.807, 2.05) is 0 Å². The molecule has 0 saturated carbocycles. The first-order valence-electron chi connectivity index (χ1n) is 5.60. The first-order valence-corrected chi connectivity index (χ1v) is 5.60. The molecular weight excluding hydrogens is 222 g/mol. The summed E-state index contributed by atoms with van der Waals surface area (Å²) in [7, 11) is 0. The zero-order valence-electron chi connectivity index (χ0n) is 10.5. The van der Waals surface area contributed by atoms with Crippen molar-refractivity contribution in [3.8, 4) is 0 Å². The van der Waals surface area contributed by atoms with Crippen LogP contribution in [0.1, 0.15) is 33.6 Å². The molecule has 96 valence electrons. The zero-order chi connectivity index (χ0) is 13.2. The molecule has 0 spiro atoms. The minimum absolute atomic E-state index is 0.300. The highest BCUT2D eigenvalue weighted by Crippen LogP contribution is 2.23. The van der Waals surface area contributed by atoms with Crippen molar-refractivity contribution < 1.29 is 19.4 Å². The van der Waals surface area contributed by atoms with E-state index in [-0.39, 0.29) is 0 Å². The molecular formula is C12H19NO4. The van der Waals surface area contributed by atoms with Gasteiger partial charge in [0, 0.05) is 6.54 Å². The molecule has 1 fully saturated rings. The van der Waals surface area contributed by atoms with E-state index < -0.39 is 23.7 Å². The highest BCUT2D eigenvalue weighted by molar-refractivity contribution is 5.81. The molecule has 1 heterocycles. The summed E-state index contributed by atoms with van der Waals surface area (Å²) in [5.74, 6) is -1.02. The van der Waals surface area contributed by atoms with Gasteiger partial charge in [-0.15, -0.1) is 0 Å². The van der Waals surface area contributed by atoms with Crippen LogP contribution in [0, 0.1) is 0 Å². The number of carboxylic acids is 1. The van der Waals surface area contributed by atoms with Crippen molar-refractivity contribution in [3.63, 3.8) is 0 Å². The van der Waals surface area contributed by atoms with Gasteiger partial charge in [-0.2, -0.15) is 0 Å². The molecule has 1 atom stereocenters. The molecule has 1 aliphatic rings. The fourth-order valence-corrected chi connectivity index (χ4v) is 1.68. The predicted octanol–water partition coefficient (Wildman–Crippen LogP) is 2.03. The lowest BCUT2D eigenvalue weighted by Gasteiger charge is -2.35. The van der Waals surface area contributed by atoms with Gasteiger partial charge in [-0.3, -0.25) is 4.90 Å². The van der Waals surface area contributed by atoms with Gasteiger partial charge >= 0.3 is 12.1 Å². The number of hydrogen-bond donors (Lipinski definition) is 1. The Morgan fingerprint density at radius 3 is 2.53 bits per heavy atom. The van der Waals surface area contributed by atoms with Gasteiger partial charge in [0.05, 0.1) is 0 Å². The molecule has 0 aromatic rings. The predicted molar refractivity (Wildman–Crippen MR) is 62.7 cm³/mol. The van der Waals surface area contributed by atoms with Gasteiger partial charge in [-0.1, -0.05) is 12.2 Å². The van der Waals surface area contributed by atoms with Crippen LogP contribution in [0.3, 0.4) is 0 Å². The average Bonchev–Trinajstić information content (AvgIpc) is 2.14. The maximum Gasteiger partial charge on any atom is 0.411 e. The third kappa shape index (κ3) is 3.76. The van der Waals surface area contributed by atoms with Crippen LogP contribution in [-0.4, -0.2) is 40.3 Å². The summed E-state index contributed by atoms with van der Waals surface area (Å²) in [5.41, 5.74) is 0.242. The second-order valence-electron chi connectivity index (χ2n) is 5.23. The Morgan fingerprint density at radius 2 is 2.06 bits per heavy atom. The van der Waals surface area contributed by atoms with Crippen molar-refractivity contribution in [3.05, 3.63) is 12.2 Å². The fraction of sp³-hybridized carbons (Fsp3) is 0.667. The monoisotopic (exact) mass is 241 g/mol. The third-order valence-electron chi connectivity index (χ3n) is 2.48. The minimum atomic E-state index is -1.02. The maximum absolute atomic E-state index is 11.8. The molecule has 0 aromatic heterocycles. The average molecular weight is 241 g/mol. The number of nitrogens with zero attached hydrogens (tertiary/aromatic N) is 1. The highest BCUT2D eigenvalue weighted by Gasteiger charge is 2.35. The molecule has 0 unspecified atom stereocenters. The van der Waals surface area contributed by atoms with Crippen LogP contribution in [0.25, 0.3) is 0 Å². The van der Waals surface area contributed by atoms with Crippen molar-refractivity contribution in [1.82, 2.24) is 4.90 Å². The molecule has 1 amide bonds. The van der Waals surface area contributed by atoms with Crippen LogP contribution in [0.15, 0.2) is 12.2 Å². The Morgan fingerprint density at radius 1 is 1.47 bits per heavy atom. The van der Waals surface area contributed by atoms with E-state index in [9.17, 15) is 9.59 Å². The van der Waals surface area contributed by atoms with Gasteiger partial charge in [0.15, 0.2) is 0 Å². The van der Waals surface area contributed by atoms with Crippen LogP contribution in [0.4, 0.5) is 4.79 Å². The largest absolute Gasteiger partial charge is 0.480 e. The van der Waals surface area contributed by atoms with E-state index in [1.165, 1.54) is 4.90 Å². The lowest BCUT2D eigenvalue weighted by molar-refractivity contribution is -0.143. The number of hydrogen-bond acceptors (Lipinski definition) is 3. The van der Waals surface area contributed by atoms with Crippen molar-refractivity contribution in [2.75, 3.05) is 6.54 Å². The van der Waals surface area contributed by atoms with Crippen molar-refractivity contribution in [2.24, 2.45) is 0 Å². The number of ether oxygens (including phenoxy) is 1. The van der Waals surface area contributed by atoms with Crippen molar-refractivity contribution in [2.45, 2.75) is 45.3 Å². The first-order chi connectivity index (χ1) is 7.70. The number of amides is 1. The number of carbonyl (C=O) groups is 2. The quantitative estimate of drug-likeness (QED) is 0.713. The van der Waals surface area contributed by atoms with E-state index in [2.05, 4.69) is 6.58 Å². The maximum atomic E-state index is 11.8. The molecule has 1 saturated heterocycles. The normalized spacial score (nSPS) is 21.2. The van der Waals surface area contributed by atoms with Gasteiger partial charge in [0.1, 0.15) is 11.6 Å². The van der Waals surface area contributed by atoms with Crippen LogP contribution < -0.4 is 0 Å². The Bertz CT molecular complexity index is 343. The van der Waals surface area contributed by atoms with E-state index in [0.717, 1.165) is 5.57 Å². The summed E-state index contributed by atoms with van der Waals surface area (Å²) in [6, 6.07) is -0.855. The van der Waals surface area contributed by atoms with Crippen molar-refractivity contribution in [1.29, 1.82) is 0 Å². The van der Waals surface area contributed by atoms with Gasteiger partial charge in [0.2, 0.25) is 0 Å². The summed E-state index contributed by atoms with van der Waals surface area (Å²) in [6.07, 6.45) is 0.356. The number of carbonyl (C=O) groups excluding carboxylic acids is 1. The number of piperidine rings is 1. The Kier molecular flexibility index (Phi) is 3.80. The number of carboxylic acid groups (broad SMARTS) is 1. The van der Waals surface area contributed by atoms with Crippen molar-refractivity contribution >= 4 is 12.1 Å².